The minimum Gasteiger partial charge on any atom is -0.378 e. The van der Waals surface area contributed by atoms with Crippen molar-refractivity contribution in [2.75, 3.05) is 39.4 Å². The van der Waals surface area contributed by atoms with E-state index in [-0.39, 0.29) is 11.4 Å². The Hall–Kier alpha value is -0.770. The SMILES string of the molecule is CC1(C)[C@H]2CC[C@]1(C)CN(C(=O)N1CCOCC1)C2. The molecule has 4 nitrogen and oxygen atoms in total. The molecule has 0 aromatic heterocycles. The van der Waals surface area contributed by atoms with E-state index in [0.717, 1.165) is 26.2 Å². The van der Waals surface area contributed by atoms with Crippen molar-refractivity contribution in [2.45, 2.75) is 33.6 Å². The number of rotatable bonds is 0. The van der Waals surface area contributed by atoms with Gasteiger partial charge in [0, 0.05) is 26.2 Å². The van der Waals surface area contributed by atoms with E-state index >= 15 is 0 Å². The van der Waals surface area contributed by atoms with E-state index in [1.807, 2.05) is 4.90 Å². The Morgan fingerprint density at radius 1 is 1.16 bits per heavy atom. The van der Waals surface area contributed by atoms with Gasteiger partial charge in [0.15, 0.2) is 0 Å². The van der Waals surface area contributed by atoms with Gasteiger partial charge in [0.2, 0.25) is 0 Å². The topological polar surface area (TPSA) is 32.8 Å². The van der Waals surface area contributed by atoms with E-state index in [0.29, 0.717) is 24.5 Å². The number of urea groups is 1. The first-order valence-corrected chi connectivity index (χ1v) is 7.56. The molecule has 3 aliphatic rings. The fourth-order valence-corrected chi connectivity index (χ4v) is 4.12. The van der Waals surface area contributed by atoms with Crippen molar-refractivity contribution in [1.82, 2.24) is 9.80 Å². The highest BCUT2D eigenvalue weighted by Gasteiger charge is 2.56. The normalized spacial score (nSPS) is 37.5. The van der Waals surface area contributed by atoms with Gasteiger partial charge in [0.05, 0.1) is 13.2 Å². The van der Waals surface area contributed by atoms with Gasteiger partial charge in [0.25, 0.3) is 0 Å². The molecular weight excluding hydrogens is 240 g/mol. The van der Waals surface area contributed by atoms with E-state index in [1.54, 1.807) is 0 Å². The second kappa shape index (κ2) is 4.37. The average molecular weight is 266 g/mol. The Morgan fingerprint density at radius 3 is 2.47 bits per heavy atom. The first-order chi connectivity index (χ1) is 8.94. The lowest BCUT2D eigenvalue weighted by Crippen LogP contribution is -2.57. The molecular formula is C15H26N2O2. The minimum absolute atomic E-state index is 0.233. The molecule has 0 unspecified atom stereocenters. The van der Waals surface area contributed by atoms with Crippen LogP contribution < -0.4 is 0 Å². The summed E-state index contributed by atoms with van der Waals surface area (Å²) in [5.41, 5.74) is 0.659. The molecule has 0 N–H and O–H groups in total. The maximum Gasteiger partial charge on any atom is 0.320 e. The summed E-state index contributed by atoms with van der Waals surface area (Å²) in [6.45, 7) is 11.9. The molecule has 3 rings (SSSR count). The van der Waals surface area contributed by atoms with Gasteiger partial charge in [0.1, 0.15) is 0 Å². The molecule has 2 atom stereocenters. The molecule has 2 heterocycles. The van der Waals surface area contributed by atoms with E-state index in [1.165, 1.54) is 12.8 Å². The summed E-state index contributed by atoms with van der Waals surface area (Å²) < 4.78 is 5.33. The lowest BCUT2D eigenvalue weighted by Gasteiger charge is -2.51. The van der Waals surface area contributed by atoms with Crippen LogP contribution in [0.25, 0.3) is 0 Å². The molecule has 19 heavy (non-hydrogen) atoms. The largest absolute Gasteiger partial charge is 0.378 e. The Balaban J connectivity index is 1.73. The van der Waals surface area contributed by atoms with E-state index in [4.69, 9.17) is 4.74 Å². The van der Waals surface area contributed by atoms with Crippen LogP contribution >= 0.6 is 0 Å². The molecule has 2 bridgehead atoms. The van der Waals surface area contributed by atoms with Gasteiger partial charge >= 0.3 is 6.03 Å². The lowest BCUT2D eigenvalue weighted by atomic mass is 9.63. The summed E-state index contributed by atoms with van der Waals surface area (Å²) in [7, 11) is 0. The molecule has 2 amide bonds. The number of morpholine rings is 1. The summed E-state index contributed by atoms with van der Waals surface area (Å²) in [6.07, 6.45) is 2.54. The number of carbonyl (C=O) groups excluding carboxylic acids is 1. The Kier molecular flexibility index (Phi) is 3.04. The van der Waals surface area contributed by atoms with Crippen molar-refractivity contribution in [1.29, 1.82) is 0 Å². The van der Waals surface area contributed by atoms with Gasteiger partial charge in [-0.1, -0.05) is 20.8 Å². The standard InChI is InChI=1S/C15H26N2O2/c1-14(2)12-4-5-15(14,3)11-17(10-12)13(18)16-6-8-19-9-7-16/h12H,4-11H2,1-3H3/t12-,15+/m0/s1. The molecule has 108 valence electrons. The van der Waals surface area contributed by atoms with Crippen LogP contribution in [0, 0.1) is 16.7 Å². The average Bonchev–Trinajstić information content (AvgIpc) is 2.57. The number of amides is 2. The smallest absolute Gasteiger partial charge is 0.320 e. The van der Waals surface area contributed by atoms with Crippen LogP contribution in [0.4, 0.5) is 4.79 Å². The Bertz CT molecular complexity index is 376. The van der Waals surface area contributed by atoms with Crippen LogP contribution in [0.3, 0.4) is 0 Å². The number of hydrogen-bond donors (Lipinski definition) is 0. The monoisotopic (exact) mass is 266 g/mol. The number of fused-ring (bicyclic) bond motifs is 2. The van der Waals surface area contributed by atoms with Crippen LogP contribution in [0.1, 0.15) is 33.6 Å². The third-order valence-corrected chi connectivity index (χ3v) is 6.15. The highest BCUT2D eigenvalue weighted by atomic mass is 16.5. The molecule has 4 heteroatoms. The zero-order valence-electron chi connectivity index (χ0n) is 12.4. The summed E-state index contributed by atoms with van der Waals surface area (Å²) in [5.74, 6) is 0.663. The fourth-order valence-electron chi connectivity index (χ4n) is 4.12. The second-order valence-corrected chi connectivity index (χ2v) is 7.28. The van der Waals surface area contributed by atoms with Crippen LogP contribution in [0.5, 0.6) is 0 Å². The minimum atomic E-state index is 0.233. The highest BCUT2D eigenvalue weighted by molar-refractivity contribution is 5.75. The van der Waals surface area contributed by atoms with Crippen molar-refractivity contribution in [3.8, 4) is 0 Å². The van der Waals surface area contributed by atoms with Gasteiger partial charge in [-0.15, -0.1) is 0 Å². The van der Waals surface area contributed by atoms with Crippen molar-refractivity contribution in [3.63, 3.8) is 0 Å². The Morgan fingerprint density at radius 2 is 1.84 bits per heavy atom. The zero-order chi connectivity index (χ0) is 13.7. The van der Waals surface area contributed by atoms with Gasteiger partial charge in [-0.2, -0.15) is 0 Å². The molecule has 2 aliphatic heterocycles. The molecule has 0 spiro atoms. The zero-order valence-corrected chi connectivity index (χ0v) is 12.4. The number of carbonyl (C=O) groups is 1. The molecule has 3 fully saturated rings. The Labute approximate surface area is 116 Å². The summed E-state index contributed by atoms with van der Waals surface area (Å²) in [6, 6.07) is 0.233. The number of likely N-dealkylation sites (tertiary alicyclic amines) is 1. The fraction of sp³-hybridized carbons (Fsp3) is 0.933. The first-order valence-electron chi connectivity index (χ1n) is 7.56. The van der Waals surface area contributed by atoms with Gasteiger partial charge < -0.3 is 14.5 Å². The number of ether oxygens (including phenoxy) is 1. The highest BCUT2D eigenvalue weighted by Crippen LogP contribution is 2.59. The molecule has 0 radical (unpaired) electrons. The van der Waals surface area contributed by atoms with E-state index in [2.05, 4.69) is 25.7 Å². The second-order valence-electron chi connectivity index (χ2n) is 7.28. The molecule has 1 saturated carbocycles. The molecule has 0 aromatic rings. The number of hydrogen-bond acceptors (Lipinski definition) is 2. The van der Waals surface area contributed by atoms with Crippen molar-refractivity contribution in [2.24, 2.45) is 16.7 Å². The first kappa shape index (κ1) is 13.2. The predicted octanol–water partition coefficient (Wildman–Crippen LogP) is 2.20. The molecule has 2 saturated heterocycles. The van der Waals surface area contributed by atoms with Gasteiger partial charge in [-0.25, -0.2) is 4.79 Å². The van der Waals surface area contributed by atoms with Crippen molar-refractivity contribution < 1.29 is 9.53 Å². The van der Waals surface area contributed by atoms with Crippen molar-refractivity contribution in [3.05, 3.63) is 0 Å². The van der Waals surface area contributed by atoms with Crippen LogP contribution in [-0.4, -0.2) is 55.2 Å². The summed E-state index contributed by atoms with van der Waals surface area (Å²) in [5, 5.41) is 0. The van der Waals surface area contributed by atoms with Gasteiger partial charge in [-0.05, 0) is 29.6 Å². The summed E-state index contributed by atoms with van der Waals surface area (Å²) in [4.78, 5) is 16.7. The lowest BCUT2D eigenvalue weighted by molar-refractivity contribution is -0.0158. The quantitative estimate of drug-likeness (QED) is 0.673. The maximum atomic E-state index is 12.6. The number of nitrogens with zero attached hydrogens (tertiary/aromatic N) is 2. The van der Waals surface area contributed by atoms with Crippen LogP contribution in [0.15, 0.2) is 0 Å². The van der Waals surface area contributed by atoms with Crippen LogP contribution in [-0.2, 0) is 4.74 Å². The van der Waals surface area contributed by atoms with Gasteiger partial charge in [-0.3, -0.25) is 0 Å². The van der Waals surface area contributed by atoms with E-state index < -0.39 is 0 Å². The number of piperidine rings is 1. The maximum absolute atomic E-state index is 12.6. The molecule has 1 aliphatic carbocycles. The molecule has 0 aromatic carbocycles. The third-order valence-electron chi connectivity index (χ3n) is 6.15. The predicted molar refractivity (Wildman–Crippen MR) is 74.0 cm³/mol. The third kappa shape index (κ3) is 1.95. The van der Waals surface area contributed by atoms with Crippen molar-refractivity contribution >= 4 is 6.03 Å². The van der Waals surface area contributed by atoms with Crippen LogP contribution in [0.2, 0.25) is 0 Å². The van der Waals surface area contributed by atoms with E-state index in [9.17, 15) is 4.79 Å². The summed E-state index contributed by atoms with van der Waals surface area (Å²) >= 11 is 0.